The van der Waals surface area contributed by atoms with Crippen molar-refractivity contribution in [3.8, 4) is 11.5 Å². The van der Waals surface area contributed by atoms with Crippen LogP contribution in [0.25, 0.3) is 0 Å². The number of aliphatic hydroxyl groups is 3. The molecular formula is C43H72N2O13. The Balaban J connectivity index is 2.89. The van der Waals surface area contributed by atoms with E-state index in [-0.39, 0.29) is 56.2 Å². The Labute approximate surface area is 345 Å². The predicted molar refractivity (Wildman–Crippen MR) is 220 cm³/mol. The van der Waals surface area contributed by atoms with E-state index in [0.29, 0.717) is 41.8 Å². The molecule has 0 aromatic heterocycles. The zero-order valence-corrected chi connectivity index (χ0v) is 37.3. The molecule has 0 aliphatic heterocycles. The molecule has 15 nitrogen and oxygen atoms in total. The largest absolute Gasteiger partial charge is 0.507 e. The second-order valence-electron chi connectivity index (χ2n) is 16.6. The first-order valence-electron chi connectivity index (χ1n) is 20.0. The molecular weight excluding hydrogens is 752 g/mol. The number of hydrogen-bond donors (Lipinski definition) is 5. The van der Waals surface area contributed by atoms with Crippen molar-refractivity contribution in [3.63, 3.8) is 0 Å². The smallest absolute Gasteiger partial charge is 0.341 e. The van der Waals surface area contributed by atoms with Gasteiger partial charge in [-0.3, -0.25) is 14.4 Å². The minimum Gasteiger partial charge on any atom is -0.507 e. The minimum atomic E-state index is -1.58. The standard InChI is InChI=1S/C43H72N2O13/c1-15-32(42(8,9)52)57-40(50)30(7)37(29(6)39(49)43(10,53)22-26(3)24-45(11)12)58-34(47)23-44-20-21-56-33(46)19-17-25(2)16-18-31-36(48)35(41(51)55-14)27(4)28(5)38(31)54-13/h16,26,29-30,32,37,39,44,48-49,52-53H,15,17-24H2,1-14H3/b25-16+/t26-,29+,30-,32-,37+,39-,43-/m1/s1. The monoisotopic (exact) mass is 825 g/mol. The SMILES string of the molecule is CC[C@@H](OC(=O)[C@H](C)[C@@H](OC(=O)CNCCOC(=O)CC/C(C)=C/Cc1c(O)c(C(=O)OC)c(C)c(C)c1OC)[C@H](C)[C@@H](O)[C@](C)(O)C[C@@H](C)CN(C)C)C(C)(C)O. The molecule has 0 aliphatic carbocycles. The van der Waals surface area contributed by atoms with Crippen molar-refractivity contribution in [2.75, 3.05) is 54.6 Å². The van der Waals surface area contributed by atoms with Crippen LogP contribution in [0.2, 0.25) is 0 Å². The highest BCUT2D eigenvalue weighted by molar-refractivity contribution is 5.95. The Morgan fingerprint density at radius 1 is 0.948 bits per heavy atom. The predicted octanol–water partition coefficient (Wildman–Crippen LogP) is 4.18. The van der Waals surface area contributed by atoms with Gasteiger partial charge in [0, 0.05) is 31.0 Å². The highest BCUT2D eigenvalue weighted by atomic mass is 16.6. The fourth-order valence-corrected chi connectivity index (χ4v) is 7.24. The number of phenols is 1. The third-order valence-electron chi connectivity index (χ3n) is 10.5. The van der Waals surface area contributed by atoms with Crippen molar-refractivity contribution in [3.05, 3.63) is 33.9 Å². The fourth-order valence-electron chi connectivity index (χ4n) is 7.24. The Bertz CT molecular complexity index is 1550. The number of ether oxygens (including phenoxy) is 5. The van der Waals surface area contributed by atoms with Crippen LogP contribution < -0.4 is 10.1 Å². The zero-order chi connectivity index (χ0) is 44.7. The molecule has 1 aromatic carbocycles. The summed E-state index contributed by atoms with van der Waals surface area (Å²) in [5.41, 5.74) is -0.291. The number of phenolic OH excluding ortho intramolecular Hbond substituents is 1. The van der Waals surface area contributed by atoms with Gasteiger partial charge in [0.15, 0.2) is 0 Å². The summed E-state index contributed by atoms with van der Waals surface area (Å²) in [6.45, 7) is 17.2. The summed E-state index contributed by atoms with van der Waals surface area (Å²) in [4.78, 5) is 53.3. The summed E-state index contributed by atoms with van der Waals surface area (Å²) in [5, 5.41) is 47.0. The van der Waals surface area contributed by atoms with Crippen molar-refractivity contribution in [2.24, 2.45) is 17.8 Å². The summed E-state index contributed by atoms with van der Waals surface area (Å²) in [6, 6.07) is 0. The number of methoxy groups -OCH3 is 2. The highest BCUT2D eigenvalue weighted by Crippen LogP contribution is 2.39. The Morgan fingerprint density at radius 3 is 2.10 bits per heavy atom. The molecule has 0 spiro atoms. The second kappa shape index (κ2) is 23.7. The van der Waals surface area contributed by atoms with E-state index in [9.17, 15) is 39.6 Å². The van der Waals surface area contributed by atoms with Gasteiger partial charge in [0.05, 0.1) is 44.0 Å². The van der Waals surface area contributed by atoms with Crippen molar-refractivity contribution in [1.29, 1.82) is 0 Å². The number of benzene rings is 1. The van der Waals surface area contributed by atoms with Gasteiger partial charge in [-0.1, -0.05) is 32.4 Å². The van der Waals surface area contributed by atoms with Crippen molar-refractivity contribution in [2.45, 2.75) is 131 Å². The molecule has 15 heteroatoms. The molecule has 0 saturated carbocycles. The summed E-state index contributed by atoms with van der Waals surface area (Å²) in [5.74, 6) is -4.29. The number of aliphatic hydroxyl groups excluding tert-OH is 1. The summed E-state index contributed by atoms with van der Waals surface area (Å²) in [6.07, 6.45) is -0.296. The zero-order valence-electron chi connectivity index (χ0n) is 37.3. The van der Waals surface area contributed by atoms with E-state index >= 15 is 0 Å². The van der Waals surface area contributed by atoms with E-state index in [1.54, 1.807) is 27.7 Å². The van der Waals surface area contributed by atoms with Crippen molar-refractivity contribution < 1.29 is 63.3 Å². The van der Waals surface area contributed by atoms with Crippen molar-refractivity contribution >= 4 is 23.9 Å². The quantitative estimate of drug-likeness (QED) is 0.0405. The van der Waals surface area contributed by atoms with E-state index < -0.39 is 65.2 Å². The number of rotatable bonds is 25. The third-order valence-corrected chi connectivity index (χ3v) is 10.5. The molecule has 0 amide bonds. The van der Waals surface area contributed by atoms with E-state index in [1.165, 1.54) is 41.9 Å². The van der Waals surface area contributed by atoms with Gasteiger partial charge >= 0.3 is 23.9 Å². The molecule has 0 bridgehead atoms. The van der Waals surface area contributed by atoms with Gasteiger partial charge in [-0.2, -0.15) is 0 Å². The van der Waals surface area contributed by atoms with E-state index in [0.717, 1.165) is 5.57 Å². The first-order chi connectivity index (χ1) is 26.8. The maximum Gasteiger partial charge on any atom is 0.341 e. The van der Waals surface area contributed by atoms with Gasteiger partial charge in [0.1, 0.15) is 35.9 Å². The Kier molecular flexibility index (Phi) is 21.4. The van der Waals surface area contributed by atoms with Crippen molar-refractivity contribution in [1.82, 2.24) is 10.2 Å². The highest BCUT2D eigenvalue weighted by Gasteiger charge is 2.44. The lowest BCUT2D eigenvalue weighted by Crippen LogP contribution is -2.52. The summed E-state index contributed by atoms with van der Waals surface area (Å²) >= 11 is 0. The summed E-state index contributed by atoms with van der Waals surface area (Å²) in [7, 11) is 6.56. The van der Waals surface area contributed by atoms with E-state index in [4.69, 9.17) is 23.7 Å². The van der Waals surface area contributed by atoms with Crippen LogP contribution in [0.3, 0.4) is 0 Å². The van der Waals surface area contributed by atoms with Crippen LogP contribution in [-0.4, -0.2) is 133 Å². The first kappa shape index (κ1) is 52.3. The van der Waals surface area contributed by atoms with Gasteiger partial charge in [-0.25, -0.2) is 4.79 Å². The van der Waals surface area contributed by atoms with Crippen LogP contribution in [0.1, 0.15) is 108 Å². The van der Waals surface area contributed by atoms with Gasteiger partial charge in [0.25, 0.3) is 0 Å². The maximum absolute atomic E-state index is 13.4. The minimum absolute atomic E-state index is 0.0174. The van der Waals surface area contributed by atoms with E-state index in [2.05, 4.69) is 5.32 Å². The number of esters is 4. The van der Waals surface area contributed by atoms with Gasteiger partial charge in [-0.15, -0.1) is 0 Å². The number of aromatic hydroxyl groups is 1. The van der Waals surface area contributed by atoms with Crippen LogP contribution in [0.15, 0.2) is 11.6 Å². The van der Waals surface area contributed by atoms with Crippen LogP contribution in [0.4, 0.5) is 0 Å². The molecule has 5 N–H and O–H groups in total. The van der Waals surface area contributed by atoms with Gasteiger partial charge in [-0.05, 0) is 105 Å². The summed E-state index contributed by atoms with van der Waals surface area (Å²) < 4.78 is 27.1. The maximum atomic E-state index is 13.4. The molecule has 0 unspecified atom stereocenters. The molecule has 0 heterocycles. The van der Waals surface area contributed by atoms with Gasteiger partial charge < -0.3 is 54.3 Å². The molecule has 1 aromatic rings. The van der Waals surface area contributed by atoms with Crippen LogP contribution in [-0.2, 0) is 39.8 Å². The van der Waals surface area contributed by atoms with Gasteiger partial charge in [0.2, 0.25) is 0 Å². The van der Waals surface area contributed by atoms with Crippen LogP contribution >= 0.6 is 0 Å². The number of nitrogens with one attached hydrogen (secondary N) is 1. The lowest BCUT2D eigenvalue weighted by molar-refractivity contribution is -0.183. The average molecular weight is 825 g/mol. The number of nitrogens with zero attached hydrogens (tertiary/aromatic N) is 1. The number of allylic oxidation sites excluding steroid dienone is 2. The molecule has 0 fully saturated rings. The lowest BCUT2D eigenvalue weighted by atomic mass is 9.78. The molecule has 332 valence electrons. The molecule has 0 aliphatic rings. The third kappa shape index (κ3) is 15.8. The topological polar surface area (TPSA) is 211 Å². The molecule has 58 heavy (non-hydrogen) atoms. The lowest BCUT2D eigenvalue weighted by Gasteiger charge is -2.39. The van der Waals surface area contributed by atoms with Crippen LogP contribution in [0.5, 0.6) is 11.5 Å². The van der Waals surface area contributed by atoms with E-state index in [1.807, 2.05) is 38.9 Å². The molecule has 7 atom stereocenters. The average Bonchev–Trinajstić information content (AvgIpc) is 3.13. The molecule has 0 saturated heterocycles. The number of carbonyl (C=O) groups is 4. The second-order valence-corrected chi connectivity index (χ2v) is 16.6. The molecule has 1 rings (SSSR count). The first-order valence-corrected chi connectivity index (χ1v) is 20.0. The Morgan fingerprint density at radius 2 is 1.57 bits per heavy atom. The normalized spacial score (nSPS) is 16.3. The van der Waals surface area contributed by atoms with Crippen LogP contribution in [0, 0.1) is 31.6 Å². The Hall–Kier alpha value is -3.76. The fraction of sp³-hybridized carbons (Fsp3) is 0.721. The molecule has 0 radical (unpaired) electrons. The number of hydrogen-bond acceptors (Lipinski definition) is 15. The number of carbonyl (C=O) groups excluding carboxylic acids is 4.